The predicted octanol–water partition coefficient (Wildman–Crippen LogP) is 3.06. The summed E-state index contributed by atoms with van der Waals surface area (Å²) in [6.45, 7) is 5.04. The maximum absolute atomic E-state index is 11.7. The van der Waals surface area contributed by atoms with Gasteiger partial charge in [-0.3, -0.25) is 10.2 Å². The molecule has 3 heteroatoms. The summed E-state index contributed by atoms with van der Waals surface area (Å²) in [5.74, 6) is 0.591. The molecule has 1 fully saturated rings. The lowest BCUT2D eigenvalue weighted by Crippen LogP contribution is -2.25. The molecule has 108 valence electrons. The minimum atomic E-state index is -0.0367. The predicted molar refractivity (Wildman–Crippen MR) is 86.6 cm³/mol. The fourth-order valence-electron chi connectivity index (χ4n) is 2.83. The van der Waals surface area contributed by atoms with Crippen LogP contribution in [0.5, 0.6) is 0 Å². The van der Waals surface area contributed by atoms with Gasteiger partial charge in [0.15, 0.2) is 0 Å². The van der Waals surface area contributed by atoms with Crippen molar-refractivity contribution < 1.29 is 4.79 Å². The highest BCUT2D eigenvalue weighted by Crippen LogP contribution is 2.26. The molecule has 3 nitrogen and oxygen atoms in total. The van der Waals surface area contributed by atoms with Crippen molar-refractivity contribution in [2.45, 2.75) is 20.3 Å². The summed E-state index contributed by atoms with van der Waals surface area (Å²) in [4.78, 5) is 11.7. The molecule has 0 unspecified atom stereocenters. The molecule has 0 radical (unpaired) electrons. The molecule has 1 aliphatic rings. The molecule has 0 bridgehead atoms. The second kappa shape index (κ2) is 5.70. The van der Waals surface area contributed by atoms with Gasteiger partial charge in [-0.15, -0.1) is 0 Å². The van der Waals surface area contributed by atoms with E-state index in [1.165, 1.54) is 16.3 Å². The Labute approximate surface area is 125 Å². The average molecular weight is 280 g/mol. The number of benzene rings is 2. The SMILES string of the molecule is CC(C)Cc1cccc2c(/C=C3\CNNC3=O)cccc12. The van der Waals surface area contributed by atoms with Crippen LogP contribution in [-0.2, 0) is 11.2 Å². The zero-order valence-electron chi connectivity index (χ0n) is 12.4. The van der Waals surface area contributed by atoms with Crippen molar-refractivity contribution in [2.24, 2.45) is 5.92 Å². The molecule has 1 heterocycles. The molecule has 0 aromatic heterocycles. The second-order valence-corrected chi connectivity index (χ2v) is 5.93. The van der Waals surface area contributed by atoms with Crippen LogP contribution in [0.25, 0.3) is 16.8 Å². The van der Waals surface area contributed by atoms with E-state index in [2.05, 4.69) is 61.1 Å². The highest BCUT2D eigenvalue weighted by atomic mass is 16.2. The van der Waals surface area contributed by atoms with Crippen molar-refractivity contribution >= 4 is 22.8 Å². The van der Waals surface area contributed by atoms with Crippen molar-refractivity contribution in [3.8, 4) is 0 Å². The first-order valence-electron chi connectivity index (χ1n) is 7.39. The number of hydrogen-bond donors (Lipinski definition) is 2. The standard InChI is InChI=1S/C18H20N2O/c1-12(2)9-13-5-3-8-17-14(6-4-7-16(13)17)10-15-11-19-20-18(15)21/h3-8,10,12,19H,9,11H2,1-2H3,(H,20,21)/b15-10+. The van der Waals surface area contributed by atoms with Gasteiger partial charge in [0.2, 0.25) is 0 Å². The lowest BCUT2D eigenvalue weighted by molar-refractivity contribution is -0.116. The van der Waals surface area contributed by atoms with Crippen LogP contribution in [0.3, 0.4) is 0 Å². The maximum Gasteiger partial charge on any atom is 0.262 e. The summed E-state index contributed by atoms with van der Waals surface area (Å²) in [6, 6.07) is 12.7. The fraction of sp³-hybridized carbons (Fsp3) is 0.278. The normalized spacial score (nSPS) is 16.9. The van der Waals surface area contributed by atoms with Crippen molar-refractivity contribution in [1.82, 2.24) is 10.9 Å². The topological polar surface area (TPSA) is 41.1 Å². The lowest BCUT2D eigenvalue weighted by Gasteiger charge is -2.11. The number of hydrazine groups is 1. The molecule has 0 saturated carbocycles. The van der Waals surface area contributed by atoms with E-state index in [1.807, 2.05) is 6.08 Å². The van der Waals surface area contributed by atoms with Gasteiger partial charge in [-0.2, -0.15) is 0 Å². The van der Waals surface area contributed by atoms with Gasteiger partial charge in [-0.25, -0.2) is 5.43 Å². The number of carbonyl (C=O) groups excluding carboxylic acids is 1. The molecule has 1 aliphatic heterocycles. The largest absolute Gasteiger partial charge is 0.287 e. The molecule has 1 amide bonds. The molecular weight excluding hydrogens is 260 g/mol. The van der Waals surface area contributed by atoms with Crippen molar-refractivity contribution in [2.75, 3.05) is 6.54 Å². The Hall–Kier alpha value is -2.13. The Bertz CT molecular complexity index is 716. The summed E-state index contributed by atoms with van der Waals surface area (Å²) < 4.78 is 0. The van der Waals surface area contributed by atoms with E-state index < -0.39 is 0 Å². The summed E-state index contributed by atoms with van der Waals surface area (Å²) in [7, 11) is 0. The van der Waals surface area contributed by atoms with Crippen LogP contribution >= 0.6 is 0 Å². The monoisotopic (exact) mass is 280 g/mol. The van der Waals surface area contributed by atoms with E-state index in [1.54, 1.807) is 0 Å². The second-order valence-electron chi connectivity index (χ2n) is 5.93. The van der Waals surface area contributed by atoms with Crippen molar-refractivity contribution in [3.05, 3.63) is 53.1 Å². The first-order valence-corrected chi connectivity index (χ1v) is 7.39. The van der Waals surface area contributed by atoms with E-state index in [4.69, 9.17) is 0 Å². The number of fused-ring (bicyclic) bond motifs is 1. The Balaban J connectivity index is 2.10. The van der Waals surface area contributed by atoms with Crippen LogP contribution in [0.2, 0.25) is 0 Å². The quantitative estimate of drug-likeness (QED) is 0.848. The molecule has 2 aromatic carbocycles. The number of hydrogen-bond acceptors (Lipinski definition) is 2. The van der Waals surface area contributed by atoms with Gasteiger partial charge in [-0.05, 0) is 40.3 Å². The van der Waals surface area contributed by atoms with E-state index in [0.717, 1.165) is 17.6 Å². The first-order chi connectivity index (χ1) is 10.1. The molecule has 0 aliphatic carbocycles. The number of amides is 1. The molecule has 2 aromatic rings. The Morgan fingerprint density at radius 1 is 1.14 bits per heavy atom. The van der Waals surface area contributed by atoms with Crippen LogP contribution in [0.4, 0.5) is 0 Å². The molecular formula is C18H20N2O. The highest BCUT2D eigenvalue weighted by molar-refractivity contribution is 6.02. The van der Waals surface area contributed by atoms with Crippen molar-refractivity contribution in [1.29, 1.82) is 0 Å². The smallest absolute Gasteiger partial charge is 0.262 e. The lowest BCUT2D eigenvalue weighted by atomic mass is 9.94. The van der Waals surface area contributed by atoms with Crippen LogP contribution in [0.15, 0.2) is 42.0 Å². The van der Waals surface area contributed by atoms with E-state index in [9.17, 15) is 4.79 Å². The van der Waals surface area contributed by atoms with Gasteiger partial charge in [0.25, 0.3) is 5.91 Å². The highest BCUT2D eigenvalue weighted by Gasteiger charge is 2.16. The number of nitrogens with one attached hydrogen (secondary N) is 2. The molecule has 0 spiro atoms. The van der Waals surface area contributed by atoms with Gasteiger partial charge in [-0.1, -0.05) is 50.2 Å². The van der Waals surface area contributed by atoms with E-state index in [0.29, 0.717) is 12.5 Å². The van der Waals surface area contributed by atoms with E-state index >= 15 is 0 Å². The third kappa shape index (κ3) is 2.83. The maximum atomic E-state index is 11.7. The summed E-state index contributed by atoms with van der Waals surface area (Å²) in [5.41, 5.74) is 8.73. The average Bonchev–Trinajstić information content (AvgIpc) is 2.85. The molecule has 21 heavy (non-hydrogen) atoms. The summed E-state index contributed by atoms with van der Waals surface area (Å²) in [6.07, 6.45) is 3.05. The van der Waals surface area contributed by atoms with Crippen molar-refractivity contribution in [3.63, 3.8) is 0 Å². The van der Waals surface area contributed by atoms with Gasteiger partial charge >= 0.3 is 0 Å². The van der Waals surface area contributed by atoms with Crippen LogP contribution in [0.1, 0.15) is 25.0 Å². The van der Waals surface area contributed by atoms with Crippen LogP contribution < -0.4 is 10.9 Å². The van der Waals surface area contributed by atoms with Gasteiger partial charge in [0.1, 0.15) is 0 Å². The number of rotatable bonds is 3. The Morgan fingerprint density at radius 2 is 1.90 bits per heavy atom. The molecule has 3 rings (SSSR count). The third-order valence-corrected chi connectivity index (χ3v) is 3.78. The van der Waals surface area contributed by atoms with Gasteiger partial charge in [0.05, 0.1) is 0 Å². The summed E-state index contributed by atoms with van der Waals surface area (Å²) >= 11 is 0. The van der Waals surface area contributed by atoms with Crippen LogP contribution in [0, 0.1) is 5.92 Å². The minimum Gasteiger partial charge on any atom is -0.287 e. The fourth-order valence-corrected chi connectivity index (χ4v) is 2.83. The Kier molecular flexibility index (Phi) is 3.76. The molecule has 1 saturated heterocycles. The van der Waals surface area contributed by atoms with E-state index in [-0.39, 0.29) is 5.91 Å². The van der Waals surface area contributed by atoms with Gasteiger partial charge in [0, 0.05) is 12.1 Å². The summed E-state index contributed by atoms with van der Waals surface area (Å²) in [5, 5.41) is 2.50. The van der Waals surface area contributed by atoms with Crippen LogP contribution in [-0.4, -0.2) is 12.5 Å². The molecule has 0 atom stereocenters. The van der Waals surface area contributed by atoms with Gasteiger partial charge < -0.3 is 0 Å². The minimum absolute atomic E-state index is 0.0367. The zero-order valence-corrected chi connectivity index (χ0v) is 12.4. The third-order valence-electron chi connectivity index (χ3n) is 3.78. The molecule has 2 N–H and O–H groups in total. The zero-order chi connectivity index (χ0) is 14.8. The number of carbonyl (C=O) groups is 1. The Morgan fingerprint density at radius 3 is 2.62 bits per heavy atom. The first kappa shape index (κ1) is 13.8.